The number of amides is 3. The van der Waals surface area contributed by atoms with Crippen LogP contribution in [0.2, 0.25) is 0 Å². The Bertz CT molecular complexity index is 1850. The maximum atomic E-state index is 13.0. The second-order valence-electron chi connectivity index (χ2n) is 14.5. The summed E-state index contributed by atoms with van der Waals surface area (Å²) >= 11 is 0. The van der Waals surface area contributed by atoms with Crippen LogP contribution in [0.25, 0.3) is 11.1 Å². The highest BCUT2D eigenvalue weighted by Gasteiger charge is 2.28. The first-order valence-electron chi connectivity index (χ1n) is 19.6. The third kappa shape index (κ3) is 14.7. The second-order valence-corrected chi connectivity index (χ2v) is 14.5. The Balaban J connectivity index is 0.00000870. The average molecular weight is 799 g/mol. The number of hydrogen-bond acceptors (Lipinski definition) is 7. The van der Waals surface area contributed by atoms with E-state index in [2.05, 4.69) is 29.7 Å². The molecule has 0 radical (unpaired) electrons. The van der Waals surface area contributed by atoms with Gasteiger partial charge in [0.25, 0.3) is 5.91 Å². The summed E-state index contributed by atoms with van der Waals surface area (Å²) in [5.74, 6) is 0.0144. The molecule has 4 aromatic carbocycles. The molecule has 4 aromatic rings. The van der Waals surface area contributed by atoms with Crippen molar-refractivity contribution in [2.24, 2.45) is 11.7 Å². The zero-order valence-corrected chi connectivity index (χ0v) is 34.3. The number of halogens is 1. The minimum atomic E-state index is -1.46. The molecule has 10 nitrogen and oxygen atoms in total. The number of nitrogens with zero attached hydrogens (tertiary/aromatic N) is 1. The van der Waals surface area contributed by atoms with Gasteiger partial charge in [0, 0.05) is 26.1 Å². The molecule has 0 saturated heterocycles. The summed E-state index contributed by atoms with van der Waals surface area (Å²) in [6, 6.07) is 33.3. The van der Waals surface area contributed by atoms with Crippen molar-refractivity contribution < 1.29 is 29.3 Å². The van der Waals surface area contributed by atoms with Crippen LogP contribution in [0.1, 0.15) is 75.1 Å². The van der Waals surface area contributed by atoms with Gasteiger partial charge in [0.05, 0.1) is 6.54 Å². The highest BCUT2D eigenvalue weighted by molar-refractivity contribution is 5.98. The maximum absolute atomic E-state index is 13.0. The molecule has 3 atom stereocenters. The predicted octanol–water partition coefficient (Wildman–Crippen LogP) is 6.77. The third-order valence-electron chi connectivity index (χ3n) is 9.64. The molecule has 306 valence electrons. The third-order valence-corrected chi connectivity index (χ3v) is 9.64. The molecule has 0 heterocycles. The number of aliphatic hydroxyl groups excluding tert-OH is 1. The number of rotatable bonds is 21. The van der Waals surface area contributed by atoms with Crippen molar-refractivity contribution in [3.8, 4) is 11.5 Å². The van der Waals surface area contributed by atoms with Gasteiger partial charge in [-0.05, 0) is 95.7 Å². The van der Waals surface area contributed by atoms with Crippen LogP contribution < -0.4 is 21.1 Å². The summed E-state index contributed by atoms with van der Waals surface area (Å²) in [5, 5.41) is 26.1. The number of unbranched alkanes of at least 4 members (excludes halogenated alkanes) is 1. The maximum Gasteiger partial charge on any atom is 0.251 e. The number of nitrogens with two attached hydrogens (primary N) is 1. The largest absolute Gasteiger partial charge is 0.508 e. The number of carbonyl (C=O) groups is 3. The van der Waals surface area contributed by atoms with Gasteiger partial charge in [0.2, 0.25) is 11.8 Å². The Kier molecular flexibility index (Phi) is 19.3. The zero-order chi connectivity index (χ0) is 40.5. The molecule has 0 fully saturated rings. The molecule has 0 aromatic heterocycles. The quantitative estimate of drug-likeness (QED) is 0.0461. The van der Waals surface area contributed by atoms with E-state index >= 15 is 0 Å². The van der Waals surface area contributed by atoms with Crippen molar-refractivity contribution in [2.45, 2.75) is 77.5 Å². The van der Waals surface area contributed by atoms with Crippen LogP contribution in [0.4, 0.5) is 0 Å². The molecular formula is C46H59ClN4O6. The van der Waals surface area contributed by atoms with Crippen LogP contribution in [-0.4, -0.2) is 77.8 Å². The molecule has 0 aliphatic carbocycles. The number of aromatic hydroxyl groups is 1. The normalized spacial score (nSPS) is 13.0. The monoisotopic (exact) mass is 798 g/mol. The minimum Gasteiger partial charge on any atom is -0.508 e. The lowest BCUT2D eigenvalue weighted by Gasteiger charge is -2.24. The lowest BCUT2D eigenvalue weighted by atomic mass is 9.88. The summed E-state index contributed by atoms with van der Waals surface area (Å²) < 4.78 is 6.01. The van der Waals surface area contributed by atoms with E-state index in [4.69, 9.17) is 10.5 Å². The van der Waals surface area contributed by atoms with Crippen molar-refractivity contribution in [2.75, 3.05) is 26.7 Å². The summed E-state index contributed by atoms with van der Waals surface area (Å²) in [6.07, 6.45) is 1.59. The fraction of sp³-hybridized carbons (Fsp3) is 0.370. The fourth-order valence-electron chi connectivity index (χ4n) is 6.53. The number of benzene rings is 4. The van der Waals surface area contributed by atoms with Crippen LogP contribution in [0.5, 0.6) is 11.5 Å². The van der Waals surface area contributed by atoms with Crippen LogP contribution in [-0.2, 0) is 20.8 Å². The first-order chi connectivity index (χ1) is 27.0. The van der Waals surface area contributed by atoms with Gasteiger partial charge in [-0.15, -0.1) is 12.4 Å². The molecule has 11 heteroatoms. The number of ether oxygens (including phenoxy) is 1. The van der Waals surface area contributed by atoms with E-state index in [9.17, 15) is 24.6 Å². The number of aliphatic hydroxyl groups is 1. The highest BCUT2D eigenvalue weighted by Crippen LogP contribution is 2.35. The van der Waals surface area contributed by atoms with Gasteiger partial charge in [0.1, 0.15) is 30.3 Å². The van der Waals surface area contributed by atoms with Crippen molar-refractivity contribution in [3.63, 3.8) is 0 Å². The number of nitrogens with one attached hydrogen (secondary N) is 2. The van der Waals surface area contributed by atoms with Crippen molar-refractivity contribution >= 4 is 41.3 Å². The zero-order valence-electron chi connectivity index (χ0n) is 33.5. The summed E-state index contributed by atoms with van der Waals surface area (Å²) in [6.45, 7) is 7.15. The van der Waals surface area contributed by atoms with Gasteiger partial charge in [0.15, 0.2) is 0 Å². The topological polar surface area (TPSA) is 154 Å². The molecule has 57 heavy (non-hydrogen) atoms. The number of phenols is 1. The van der Waals surface area contributed by atoms with Crippen molar-refractivity contribution in [1.82, 2.24) is 15.5 Å². The molecule has 0 bridgehead atoms. The van der Waals surface area contributed by atoms with Crippen LogP contribution in [0, 0.1) is 5.92 Å². The number of likely N-dealkylation sites (N-methyl/N-ethyl adjacent to an activating group) is 1. The number of phenolic OH excluding ortho intramolecular Hbond substituents is 1. The first kappa shape index (κ1) is 46.2. The lowest BCUT2D eigenvalue weighted by Crippen LogP contribution is -2.54. The molecular weight excluding hydrogens is 740 g/mol. The Morgan fingerprint density at radius 3 is 2.00 bits per heavy atom. The van der Waals surface area contributed by atoms with E-state index < -0.39 is 24.1 Å². The number of hydrogen-bond donors (Lipinski definition) is 5. The van der Waals surface area contributed by atoms with Crippen LogP contribution in [0.15, 0.2) is 109 Å². The van der Waals surface area contributed by atoms with E-state index in [1.54, 1.807) is 24.1 Å². The van der Waals surface area contributed by atoms with Crippen LogP contribution >= 0.6 is 12.4 Å². The fourth-order valence-corrected chi connectivity index (χ4v) is 6.53. The Morgan fingerprint density at radius 2 is 1.40 bits per heavy atom. The second kappa shape index (κ2) is 23.8. The number of carbonyl (C=O) groups excluding carboxylic acids is 3. The van der Waals surface area contributed by atoms with Crippen molar-refractivity contribution in [3.05, 3.63) is 131 Å². The smallest absolute Gasteiger partial charge is 0.251 e. The van der Waals surface area contributed by atoms with E-state index in [0.717, 1.165) is 34.2 Å². The van der Waals surface area contributed by atoms with Crippen LogP contribution in [0.3, 0.4) is 0 Å². The molecule has 0 spiro atoms. The SMILES string of the molecule is CCC(=C(c1ccc(O)cc1)c1ccc(OCCN(C)C(=O)CCCCNC(=O)[C@H](CC(C)C)NC(=O)[C@@H](O)[C@H](N)Cc2ccccc2)cc1)c1ccccc1.Cl. The lowest BCUT2D eigenvalue weighted by molar-refractivity contribution is -0.135. The van der Waals surface area contributed by atoms with E-state index in [1.807, 2.05) is 98.8 Å². The van der Waals surface area contributed by atoms with Gasteiger partial charge in [-0.2, -0.15) is 0 Å². The van der Waals surface area contributed by atoms with Gasteiger partial charge in [-0.25, -0.2) is 0 Å². The summed E-state index contributed by atoms with van der Waals surface area (Å²) in [4.78, 5) is 40.3. The van der Waals surface area contributed by atoms with E-state index in [-0.39, 0.29) is 35.9 Å². The van der Waals surface area contributed by atoms with Gasteiger partial charge < -0.3 is 36.2 Å². The summed E-state index contributed by atoms with van der Waals surface area (Å²) in [7, 11) is 1.75. The van der Waals surface area contributed by atoms with Crippen molar-refractivity contribution in [1.29, 1.82) is 0 Å². The standard InChI is InChI=1S/C46H58N4O6.ClH/c1-5-39(34-16-10-7-11-17-34)43(35-19-23-37(51)24-20-35)36-21-25-38(26-22-36)56-29-28-50(4)42(52)18-12-13-27-48-45(54)41(30-32(2)3)49-46(55)44(53)40(47)31-33-14-8-6-9-15-33;/h6-11,14-17,19-26,32,40-41,44,51,53H,5,12-13,18,27-31,47H2,1-4H3,(H,48,54)(H,49,55);1H/t40-,41+,44+;/m1./s1. The molecule has 6 N–H and O–H groups in total. The molecule has 0 aliphatic rings. The minimum absolute atomic E-state index is 0. The van der Waals surface area contributed by atoms with Gasteiger partial charge in [-0.1, -0.05) is 106 Å². The molecule has 0 unspecified atom stereocenters. The van der Waals surface area contributed by atoms with E-state index in [1.165, 1.54) is 5.57 Å². The van der Waals surface area contributed by atoms with Gasteiger partial charge in [-0.3, -0.25) is 14.4 Å². The van der Waals surface area contributed by atoms with E-state index in [0.29, 0.717) is 57.6 Å². The predicted molar refractivity (Wildman–Crippen MR) is 230 cm³/mol. The molecule has 3 amide bonds. The molecule has 0 saturated carbocycles. The summed E-state index contributed by atoms with van der Waals surface area (Å²) in [5.41, 5.74) is 12.5. The molecule has 0 aliphatic heterocycles. The Morgan fingerprint density at radius 1 is 0.807 bits per heavy atom. The van der Waals surface area contributed by atoms with Gasteiger partial charge >= 0.3 is 0 Å². The Hall–Kier alpha value is -5.16. The number of allylic oxidation sites excluding steroid dienone is 1. The molecule has 4 rings (SSSR count). The Labute approximate surface area is 343 Å². The average Bonchev–Trinajstić information content (AvgIpc) is 3.20. The first-order valence-corrected chi connectivity index (χ1v) is 19.6. The highest BCUT2D eigenvalue weighted by atomic mass is 35.5.